The molecule has 0 saturated heterocycles. The molecule has 1 aromatic heterocycles. The quantitative estimate of drug-likeness (QED) is 0.767. The van der Waals surface area contributed by atoms with Crippen molar-refractivity contribution in [1.29, 1.82) is 0 Å². The van der Waals surface area contributed by atoms with Crippen LogP contribution in [-0.2, 0) is 10.0 Å². The summed E-state index contributed by atoms with van der Waals surface area (Å²) in [6, 6.07) is 7.65. The molecule has 0 unspecified atom stereocenters. The average molecular weight is 322 g/mol. The zero-order valence-electron chi connectivity index (χ0n) is 12.2. The van der Waals surface area contributed by atoms with Crippen molar-refractivity contribution in [1.82, 2.24) is 4.72 Å². The molecule has 22 heavy (non-hydrogen) atoms. The van der Waals surface area contributed by atoms with Crippen LogP contribution >= 0.6 is 0 Å². The second kappa shape index (κ2) is 7.24. The molecule has 0 saturated carbocycles. The Morgan fingerprint density at radius 3 is 2.77 bits per heavy atom. The summed E-state index contributed by atoms with van der Waals surface area (Å²) in [5, 5.41) is 2.63. The zero-order valence-corrected chi connectivity index (χ0v) is 13.0. The largest absolute Gasteiger partial charge is 0.472 e. The van der Waals surface area contributed by atoms with E-state index in [4.69, 9.17) is 4.42 Å². The zero-order chi connectivity index (χ0) is 16.0. The van der Waals surface area contributed by atoms with Gasteiger partial charge in [-0.2, -0.15) is 0 Å². The van der Waals surface area contributed by atoms with Crippen molar-refractivity contribution in [3.8, 4) is 0 Å². The van der Waals surface area contributed by atoms with Crippen LogP contribution in [0.2, 0.25) is 0 Å². The third-order valence-corrected chi connectivity index (χ3v) is 4.47. The van der Waals surface area contributed by atoms with Crippen molar-refractivity contribution in [2.75, 3.05) is 11.9 Å². The smallest absolute Gasteiger partial charge is 0.258 e. The molecule has 0 fully saturated rings. The molecule has 0 aliphatic carbocycles. The second-order valence-corrected chi connectivity index (χ2v) is 6.51. The molecule has 0 spiro atoms. The van der Waals surface area contributed by atoms with E-state index in [1.807, 2.05) is 6.92 Å². The number of furan rings is 1. The maximum atomic E-state index is 12.1. The number of hydrogen-bond acceptors (Lipinski definition) is 4. The monoisotopic (exact) mass is 322 g/mol. The molecule has 6 nitrogen and oxygen atoms in total. The number of hydrogen-bond donors (Lipinski definition) is 2. The lowest BCUT2D eigenvalue weighted by molar-refractivity contribution is 0.102. The van der Waals surface area contributed by atoms with Crippen LogP contribution < -0.4 is 10.0 Å². The van der Waals surface area contributed by atoms with Gasteiger partial charge in [0, 0.05) is 12.2 Å². The van der Waals surface area contributed by atoms with Crippen molar-refractivity contribution < 1.29 is 17.6 Å². The summed E-state index contributed by atoms with van der Waals surface area (Å²) in [5.74, 6) is -0.359. The Hall–Kier alpha value is -2.12. The van der Waals surface area contributed by atoms with Crippen LogP contribution in [0.1, 0.15) is 30.1 Å². The summed E-state index contributed by atoms with van der Waals surface area (Å²) in [5.41, 5.74) is 0.777. The van der Waals surface area contributed by atoms with Gasteiger partial charge in [0.05, 0.1) is 16.7 Å². The van der Waals surface area contributed by atoms with Gasteiger partial charge in [-0.05, 0) is 30.7 Å². The van der Waals surface area contributed by atoms with Gasteiger partial charge in [0.1, 0.15) is 6.26 Å². The lowest BCUT2D eigenvalue weighted by Crippen LogP contribution is -2.24. The number of unbranched alkanes of at least 4 members (excludes halogenated alkanes) is 1. The van der Waals surface area contributed by atoms with Crippen molar-refractivity contribution >= 4 is 21.6 Å². The van der Waals surface area contributed by atoms with Crippen LogP contribution in [0, 0.1) is 0 Å². The molecule has 7 heteroatoms. The van der Waals surface area contributed by atoms with E-state index < -0.39 is 10.0 Å². The lowest BCUT2D eigenvalue weighted by Gasteiger charge is -2.08. The highest BCUT2D eigenvalue weighted by Crippen LogP contribution is 2.16. The molecular formula is C15H18N2O4S. The van der Waals surface area contributed by atoms with E-state index in [0.717, 1.165) is 12.8 Å². The van der Waals surface area contributed by atoms with Crippen molar-refractivity contribution in [2.45, 2.75) is 24.7 Å². The van der Waals surface area contributed by atoms with E-state index in [1.165, 1.54) is 30.7 Å². The number of amides is 1. The first-order valence-electron chi connectivity index (χ1n) is 6.96. The first kappa shape index (κ1) is 16.3. The number of sulfonamides is 1. The highest BCUT2D eigenvalue weighted by Gasteiger charge is 2.14. The summed E-state index contributed by atoms with van der Waals surface area (Å²) in [7, 11) is -3.56. The molecule has 0 radical (unpaired) electrons. The van der Waals surface area contributed by atoms with Crippen LogP contribution in [0.5, 0.6) is 0 Å². The van der Waals surface area contributed by atoms with E-state index in [9.17, 15) is 13.2 Å². The Morgan fingerprint density at radius 2 is 2.09 bits per heavy atom. The molecule has 2 N–H and O–H groups in total. The molecular weight excluding hydrogens is 304 g/mol. The number of carbonyl (C=O) groups excluding carboxylic acids is 1. The fraction of sp³-hybridized carbons (Fsp3) is 0.267. The van der Waals surface area contributed by atoms with Crippen molar-refractivity contribution in [2.24, 2.45) is 0 Å². The van der Waals surface area contributed by atoms with Gasteiger partial charge in [-0.1, -0.05) is 19.4 Å². The minimum absolute atomic E-state index is 0.119. The predicted octanol–water partition coefficient (Wildman–Crippen LogP) is 2.61. The molecule has 1 amide bonds. The lowest BCUT2D eigenvalue weighted by atomic mass is 10.3. The van der Waals surface area contributed by atoms with E-state index in [2.05, 4.69) is 10.0 Å². The van der Waals surface area contributed by atoms with Crippen LogP contribution in [0.15, 0.2) is 52.2 Å². The summed E-state index contributed by atoms with van der Waals surface area (Å²) >= 11 is 0. The van der Waals surface area contributed by atoms with E-state index in [-0.39, 0.29) is 10.8 Å². The number of benzene rings is 1. The van der Waals surface area contributed by atoms with Crippen LogP contribution in [0.4, 0.5) is 5.69 Å². The third kappa shape index (κ3) is 4.19. The topological polar surface area (TPSA) is 88.4 Å². The van der Waals surface area contributed by atoms with Crippen LogP contribution in [-0.4, -0.2) is 20.9 Å². The second-order valence-electron chi connectivity index (χ2n) is 4.75. The van der Waals surface area contributed by atoms with Gasteiger partial charge in [0.2, 0.25) is 10.0 Å². The first-order valence-corrected chi connectivity index (χ1v) is 8.44. The Balaban J connectivity index is 2.11. The maximum Gasteiger partial charge on any atom is 0.258 e. The summed E-state index contributed by atoms with van der Waals surface area (Å²) in [6.07, 6.45) is 4.40. The summed E-state index contributed by atoms with van der Waals surface area (Å²) < 4.78 is 31.6. The average Bonchev–Trinajstić information content (AvgIpc) is 3.02. The minimum atomic E-state index is -3.56. The molecule has 1 aromatic carbocycles. The van der Waals surface area contributed by atoms with Gasteiger partial charge < -0.3 is 9.73 Å². The van der Waals surface area contributed by atoms with Crippen LogP contribution in [0.25, 0.3) is 0 Å². The molecule has 118 valence electrons. The molecule has 0 atom stereocenters. The molecule has 0 aliphatic heterocycles. The standard InChI is InChI=1S/C15H18N2O4S/c1-2-3-8-16-22(19,20)14-6-4-5-13(10-14)17-15(18)12-7-9-21-11-12/h4-7,9-11,16H,2-3,8H2,1H3,(H,17,18). The highest BCUT2D eigenvalue weighted by molar-refractivity contribution is 7.89. The molecule has 0 aliphatic rings. The Kier molecular flexibility index (Phi) is 5.35. The highest BCUT2D eigenvalue weighted by atomic mass is 32.2. The number of anilines is 1. The van der Waals surface area contributed by atoms with Gasteiger partial charge in [0.15, 0.2) is 0 Å². The normalized spacial score (nSPS) is 11.3. The molecule has 2 aromatic rings. The Morgan fingerprint density at radius 1 is 1.27 bits per heavy atom. The fourth-order valence-electron chi connectivity index (χ4n) is 1.80. The fourth-order valence-corrected chi connectivity index (χ4v) is 2.92. The summed E-state index contributed by atoms with van der Waals surface area (Å²) in [6.45, 7) is 2.38. The van der Waals surface area contributed by atoms with E-state index >= 15 is 0 Å². The minimum Gasteiger partial charge on any atom is -0.472 e. The predicted molar refractivity (Wildman–Crippen MR) is 83.2 cm³/mol. The van der Waals surface area contributed by atoms with Crippen molar-refractivity contribution in [3.05, 3.63) is 48.4 Å². The van der Waals surface area contributed by atoms with Gasteiger partial charge in [0.25, 0.3) is 5.91 Å². The number of nitrogens with one attached hydrogen (secondary N) is 2. The Bertz CT molecular complexity index is 724. The number of carbonyl (C=O) groups is 1. The van der Waals surface area contributed by atoms with E-state index in [0.29, 0.717) is 17.8 Å². The van der Waals surface area contributed by atoms with Gasteiger partial charge >= 0.3 is 0 Å². The molecule has 2 rings (SSSR count). The third-order valence-electron chi connectivity index (χ3n) is 3.01. The number of rotatable bonds is 7. The van der Waals surface area contributed by atoms with Crippen molar-refractivity contribution in [3.63, 3.8) is 0 Å². The van der Waals surface area contributed by atoms with Gasteiger partial charge in [-0.15, -0.1) is 0 Å². The van der Waals surface area contributed by atoms with Gasteiger partial charge in [-0.25, -0.2) is 13.1 Å². The maximum absolute atomic E-state index is 12.1. The molecule has 1 heterocycles. The summed E-state index contributed by atoms with van der Waals surface area (Å²) in [4.78, 5) is 12.0. The SMILES string of the molecule is CCCCNS(=O)(=O)c1cccc(NC(=O)c2ccoc2)c1. The Labute approximate surface area is 129 Å². The van der Waals surface area contributed by atoms with Gasteiger partial charge in [-0.3, -0.25) is 4.79 Å². The van der Waals surface area contributed by atoms with E-state index in [1.54, 1.807) is 12.1 Å². The van der Waals surface area contributed by atoms with Crippen LogP contribution in [0.3, 0.4) is 0 Å². The first-order chi connectivity index (χ1) is 10.5. The molecule has 0 bridgehead atoms.